The van der Waals surface area contributed by atoms with Gasteiger partial charge < -0.3 is 9.73 Å². The fourth-order valence-corrected chi connectivity index (χ4v) is 4.88. The van der Waals surface area contributed by atoms with Crippen LogP contribution in [0, 0.1) is 12.6 Å². The number of pyridine rings is 1. The van der Waals surface area contributed by atoms with Crippen LogP contribution >= 0.6 is 0 Å². The van der Waals surface area contributed by atoms with E-state index in [4.69, 9.17) is 4.42 Å². The van der Waals surface area contributed by atoms with Crippen LogP contribution in [0.3, 0.4) is 0 Å². The lowest BCUT2D eigenvalue weighted by atomic mass is 9.82. The first-order chi connectivity index (χ1) is 16.2. The molecule has 0 amide bonds. The highest BCUT2D eigenvalue weighted by Gasteiger charge is 2.21. The Balaban J connectivity index is 1.76. The van der Waals surface area contributed by atoms with Gasteiger partial charge in [0, 0.05) is 29.1 Å². The molecule has 0 radical (unpaired) electrons. The SMILES string of the molecule is C=[n+]1ccc(=C2C=C[N-]c3occ(CC(C)C)c32)cc1-c1cc(C(C)(C)C)c2ccccc2c1. The summed E-state index contributed by atoms with van der Waals surface area (Å²) in [6, 6.07) is 17.6. The number of allylic oxidation sites excluding steroid dienone is 1. The van der Waals surface area contributed by atoms with E-state index >= 15 is 0 Å². The summed E-state index contributed by atoms with van der Waals surface area (Å²) in [6.45, 7) is 15.6. The number of nitrogens with zero attached hydrogens (tertiary/aromatic N) is 2. The van der Waals surface area contributed by atoms with Gasteiger partial charge in [-0.3, -0.25) is 0 Å². The lowest BCUT2D eigenvalue weighted by Crippen LogP contribution is -2.22. The zero-order valence-electron chi connectivity index (χ0n) is 20.7. The molecule has 3 heterocycles. The molecule has 0 saturated carbocycles. The quantitative estimate of drug-likeness (QED) is 0.304. The summed E-state index contributed by atoms with van der Waals surface area (Å²) in [5.41, 5.74) is 7.07. The van der Waals surface area contributed by atoms with E-state index in [1.165, 1.54) is 27.5 Å². The normalized spacial score (nSPS) is 15.0. The lowest BCUT2D eigenvalue weighted by Gasteiger charge is -2.23. The number of hydrogen-bond donors (Lipinski definition) is 0. The molecule has 3 heteroatoms. The van der Waals surface area contributed by atoms with Gasteiger partial charge in [-0.2, -0.15) is 10.4 Å². The van der Waals surface area contributed by atoms with Crippen molar-refractivity contribution in [3.05, 3.63) is 107 Å². The molecule has 0 unspecified atom stereocenters. The average molecular weight is 449 g/mol. The first-order valence-corrected chi connectivity index (χ1v) is 12.0. The topological polar surface area (TPSA) is 33.1 Å². The van der Waals surface area contributed by atoms with Crippen LogP contribution in [0.4, 0.5) is 5.88 Å². The predicted molar refractivity (Wildman–Crippen MR) is 141 cm³/mol. The van der Waals surface area contributed by atoms with Gasteiger partial charge in [-0.15, -0.1) is 0 Å². The molecule has 0 spiro atoms. The first kappa shape index (κ1) is 22.2. The summed E-state index contributed by atoms with van der Waals surface area (Å²) in [4.78, 5) is 0. The molecule has 0 saturated heterocycles. The third kappa shape index (κ3) is 3.96. The maximum absolute atomic E-state index is 5.82. The van der Waals surface area contributed by atoms with Gasteiger partial charge in [0.05, 0.1) is 6.26 Å². The van der Waals surface area contributed by atoms with Gasteiger partial charge in [-0.25, -0.2) is 0 Å². The number of benzene rings is 2. The minimum Gasteiger partial charge on any atom is -0.633 e. The zero-order chi connectivity index (χ0) is 24.0. The van der Waals surface area contributed by atoms with Crippen molar-refractivity contribution in [3.8, 4) is 11.3 Å². The van der Waals surface area contributed by atoms with E-state index in [9.17, 15) is 0 Å². The summed E-state index contributed by atoms with van der Waals surface area (Å²) >= 11 is 0. The van der Waals surface area contributed by atoms with Crippen molar-refractivity contribution >= 4 is 22.2 Å². The van der Waals surface area contributed by atoms with Crippen molar-refractivity contribution in [3.63, 3.8) is 0 Å². The zero-order valence-corrected chi connectivity index (χ0v) is 20.7. The fraction of sp³-hybridized carbons (Fsp3) is 0.258. The molecule has 0 fully saturated rings. The van der Waals surface area contributed by atoms with Crippen LogP contribution in [-0.4, -0.2) is 0 Å². The lowest BCUT2D eigenvalue weighted by molar-refractivity contribution is -0.486. The van der Waals surface area contributed by atoms with Gasteiger partial charge in [0.25, 0.3) is 0 Å². The molecule has 0 aliphatic carbocycles. The molecule has 0 atom stereocenters. The van der Waals surface area contributed by atoms with Gasteiger partial charge in [0.1, 0.15) is 6.72 Å². The minimum atomic E-state index is 0.0268. The monoisotopic (exact) mass is 448 g/mol. The highest BCUT2D eigenvalue weighted by Crippen LogP contribution is 2.39. The Hall–Kier alpha value is -3.59. The predicted octanol–water partition coefficient (Wildman–Crippen LogP) is 7.25. The molecule has 172 valence electrons. The number of aromatic nitrogens is 1. The molecular formula is C31H32N2O. The molecule has 1 aliphatic heterocycles. The van der Waals surface area contributed by atoms with Crippen LogP contribution in [0.25, 0.3) is 32.9 Å². The Bertz CT molecular complexity index is 1530. The summed E-state index contributed by atoms with van der Waals surface area (Å²) in [5.74, 6) is 1.23. The molecule has 2 aromatic heterocycles. The summed E-state index contributed by atoms with van der Waals surface area (Å²) in [5, 5.41) is 8.17. The maximum atomic E-state index is 5.82. The van der Waals surface area contributed by atoms with Crippen molar-refractivity contribution in [2.45, 2.75) is 46.5 Å². The molecule has 2 aromatic carbocycles. The van der Waals surface area contributed by atoms with Crippen molar-refractivity contribution in [1.29, 1.82) is 0 Å². The van der Waals surface area contributed by atoms with E-state index in [-0.39, 0.29) is 5.41 Å². The molecule has 3 nitrogen and oxygen atoms in total. The van der Waals surface area contributed by atoms with Crippen LogP contribution in [0.5, 0.6) is 0 Å². The molecule has 5 rings (SSSR count). The third-order valence-corrected chi connectivity index (χ3v) is 6.49. The third-order valence-electron chi connectivity index (χ3n) is 6.49. The van der Waals surface area contributed by atoms with Crippen LogP contribution in [-0.2, 0) is 11.8 Å². The number of furan rings is 1. The van der Waals surface area contributed by atoms with E-state index in [0.29, 0.717) is 11.8 Å². The Morgan fingerprint density at radius 1 is 1.06 bits per heavy atom. The second-order valence-electron chi connectivity index (χ2n) is 10.7. The van der Waals surface area contributed by atoms with Crippen molar-refractivity contribution < 1.29 is 8.66 Å². The summed E-state index contributed by atoms with van der Waals surface area (Å²) < 4.78 is 7.78. The molecule has 0 N–H and O–H groups in total. The van der Waals surface area contributed by atoms with Crippen molar-refractivity contribution in [2.75, 3.05) is 0 Å². The number of rotatable bonds is 3. The van der Waals surface area contributed by atoms with E-state index in [1.54, 1.807) is 0 Å². The van der Waals surface area contributed by atoms with Crippen molar-refractivity contribution in [1.82, 2.24) is 0 Å². The molecule has 1 aliphatic rings. The highest BCUT2D eigenvalue weighted by molar-refractivity contribution is 5.91. The summed E-state index contributed by atoms with van der Waals surface area (Å²) in [7, 11) is 0. The van der Waals surface area contributed by atoms with Gasteiger partial charge in [-0.1, -0.05) is 65.0 Å². The Morgan fingerprint density at radius 2 is 1.85 bits per heavy atom. The van der Waals surface area contributed by atoms with E-state index in [2.05, 4.69) is 101 Å². The van der Waals surface area contributed by atoms with Crippen LogP contribution in [0.2, 0.25) is 0 Å². The average Bonchev–Trinajstić information content (AvgIpc) is 3.20. The Morgan fingerprint density at radius 3 is 2.62 bits per heavy atom. The smallest absolute Gasteiger partial charge is 0.217 e. The molecule has 4 aromatic rings. The van der Waals surface area contributed by atoms with Crippen LogP contribution in [0.15, 0.2) is 77.7 Å². The standard InChI is InChI=1S/C31H32N2O/c1-20(2)15-24-19-34-30-29(24)26(11-13-32-30)22-12-14-33(6)28(18-22)23-16-21-9-7-8-10-25(21)27(17-23)31(3,4)5/h7-14,16-20H,6,15H2,1-5H3. The maximum Gasteiger partial charge on any atom is 0.217 e. The summed E-state index contributed by atoms with van der Waals surface area (Å²) in [6.07, 6.45) is 8.80. The first-order valence-electron chi connectivity index (χ1n) is 12.0. The molecular weight excluding hydrogens is 416 g/mol. The minimum absolute atomic E-state index is 0.0268. The van der Waals surface area contributed by atoms with Gasteiger partial charge >= 0.3 is 0 Å². The number of hydrogen-bond acceptors (Lipinski definition) is 1. The largest absolute Gasteiger partial charge is 0.633 e. The number of fused-ring (bicyclic) bond motifs is 2. The van der Waals surface area contributed by atoms with Gasteiger partial charge in [0.2, 0.25) is 5.69 Å². The van der Waals surface area contributed by atoms with Crippen LogP contribution < -0.4 is 9.46 Å². The molecule has 0 bridgehead atoms. The van der Waals surface area contributed by atoms with Gasteiger partial charge in [0.15, 0.2) is 6.20 Å². The second-order valence-corrected chi connectivity index (χ2v) is 10.7. The van der Waals surface area contributed by atoms with E-state index < -0.39 is 0 Å². The Labute approximate surface area is 201 Å². The van der Waals surface area contributed by atoms with E-state index in [1.807, 2.05) is 22.9 Å². The molecule has 34 heavy (non-hydrogen) atoms. The van der Waals surface area contributed by atoms with Crippen molar-refractivity contribution in [2.24, 2.45) is 5.92 Å². The van der Waals surface area contributed by atoms with E-state index in [0.717, 1.165) is 28.5 Å². The second kappa shape index (κ2) is 8.32. The highest BCUT2D eigenvalue weighted by atomic mass is 16.3. The van der Waals surface area contributed by atoms with Gasteiger partial charge in [-0.05, 0) is 62.6 Å². The fourth-order valence-electron chi connectivity index (χ4n) is 4.88. The van der Waals surface area contributed by atoms with Crippen LogP contribution in [0.1, 0.15) is 51.3 Å². The Kier molecular flexibility index (Phi) is 5.44.